The molecule has 0 bridgehead atoms. The van der Waals surface area contributed by atoms with Crippen molar-refractivity contribution in [3.05, 3.63) is 35.4 Å². The van der Waals surface area contributed by atoms with E-state index in [1.807, 2.05) is 25.1 Å². The van der Waals surface area contributed by atoms with Crippen molar-refractivity contribution in [1.29, 1.82) is 0 Å². The highest BCUT2D eigenvalue weighted by Gasteiger charge is 2.05. The third-order valence-electron chi connectivity index (χ3n) is 3.77. The molecule has 0 aromatic heterocycles. The summed E-state index contributed by atoms with van der Waals surface area (Å²) in [6, 6.07) is 7.52. The zero-order chi connectivity index (χ0) is 20.1. The number of guanidine groups is 1. The Morgan fingerprint density at radius 2 is 1.93 bits per heavy atom. The number of nitrogens with zero attached hydrogens (tertiary/aromatic N) is 1. The van der Waals surface area contributed by atoms with Gasteiger partial charge in [0.1, 0.15) is 0 Å². The maximum atomic E-state index is 11.7. The quantitative estimate of drug-likeness (QED) is 0.246. The molecule has 1 aromatic rings. The molecule has 9 heteroatoms. The van der Waals surface area contributed by atoms with Gasteiger partial charge in [0.15, 0.2) is 5.96 Å². The number of hydrogen-bond acceptors (Lipinski definition) is 4. The monoisotopic (exact) mass is 397 g/mol. The second-order valence-corrected chi connectivity index (χ2v) is 7.96. The van der Waals surface area contributed by atoms with Gasteiger partial charge in [-0.05, 0) is 44.4 Å². The summed E-state index contributed by atoms with van der Waals surface area (Å²) in [7, 11) is -1.53. The molecular weight excluding hydrogens is 366 g/mol. The van der Waals surface area contributed by atoms with Crippen LogP contribution >= 0.6 is 0 Å². The van der Waals surface area contributed by atoms with Gasteiger partial charge in [0.2, 0.25) is 10.0 Å². The van der Waals surface area contributed by atoms with Crippen LogP contribution in [0.2, 0.25) is 0 Å². The molecule has 0 atom stereocenters. The first-order chi connectivity index (χ1) is 12.9. The minimum absolute atomic E-state index is 0.0849. The van der Waals surface area contributed by atoms with Crippen LogP contribution in [0.5, 0.6) is 0 Å². The molecule has 0 radical (unpaired) electrons. The zero-order valence-corrected chi connectivity index (χ0v) is 17.2. The summed E-state index contributed by atoms with van der Waals surface area (Å²) >= 11 is 0. The van der Waals surface area contributed by atoms with Gasteiger partial charge < -0.3 is 16.0 Å². The van der Waals surface area contributed by atoms with Crippen LogP contribution in [0, 0.1) is 0 Å². The fourth-order valence-electron chi connectivity index (χ4n) is 2.28. The van der Waals surface area contributed by atoms with Crippen molar-refractivity contribution in [3.63, 3.8) is 0 Å². The molecule has 1 aromatic carbocycles. The molecular formula is C18H31N5O3S. The highest BCUT2D eigenvalue weighted by atomic mass is 32.2. The minimum Gasteiger partial charge on any atom is -0.357 e. The Balaban J connectivity index is 2.45. The van der Waals surface area contributed by atoms with Gasteiger partial charge in [-0.2, -0.15) is 0 Å². The van der Waals surface area contributed by atoms with Crippen molar-refractivity contribution in [2.45, 2.75) is 26.7 Å². The number of carbonyl (C=O) groups excluding carboxylic acids is 1. The van der Waals surface area contributed by atoms with Crippen LogP contribution < -0.4 is 20.7 Å². The molecule has 4 N–H and O–H groups in total. The molecule has 152 valence electrons. The van der Waals surface area contributed by atoms with E-state index >= 15 is 0 Å². The fraction of sp³-hybridized carbons (Fsp3) is 0.556. The molecule has 0 aliphatic heterocycles. The molecule has 0 aliphatic carbocycles. The predicted octanol–water partition coefficient (Wildman–Crippen LogP) is 0.473. The molecule has 0 fully saturated rings. The van der Waals surface area contributed by atoms with Crippen molar-refractivity contribution in [1.82, 2.24) is 20.7 Å². The summed E-state index contributed by atoms with van der Waals surface area (Å²) in [6.45, 7) is 5.91. The number of sulfonamides is 1. The summed E-state index contributed by atoms with van der Waals surface area (Å²) in [5.74, 6) is 0.679. The molecule has 27 heavy (non-hydrogen) atoms. The third-order valence-corrected chi connectivity index (χ3v) is 5.18. The van der Waals surface area contributed by atoms with Crippen molar-refractivity contribution in [3.8, 4) is 0 Å². The third kappa shape index (κ3) is 9.39. The van der Waals surface area contributed by atoms with Crippen LogP contribution in [0.1, 0.15) is 36.2 Å². The minimum atomic E-state index is -3.15. The standard InChI is InChI=1S/C18H31N5O3S/c1-4-20-18(21-11-7-12-23-27(25,26)5-2)22-13-10-15-8-6-9-16(14-15)17(24)19-3/h6,8-9,14,23H,4-5,7,10-13H2,1-3H3,(H,19,24)(H2,20,21,22). The zero-order valence-electron chi connectivity index (χ0n) is 16.3. The van der Waals surface area contributed by atoms with E-state index < -0.39 is 10.0 Å². The van der Waals surface area contributed by atoms with E-state index in [0.717, 1.165) is 18.5 Å². The molecule has 0 saturated carbocycles. The second kappa shape index (κ2) is 12.3. The molecule has 0 heterocycles. The van der Waals surface area contributed by atoms with E-state index in [1.54, 1.807) is 20.0 Å². The summed E-state index contributed by atoms with van der Waals surface area (Å²) in [4.78, 5) is 16.1. The number of rotatable bonds is 11. The first-order valence-corrected chi connectivity index (χ1v) is 10.9. The lowest BCUT2D eigenvalue weighted by molar-refractivity contribution is 0.0963. The molecule has 0 spiro atoms. The van der Waals surface area contributed by atoms with Crippen molar-refractivity contribution < 1.29 is 13.2 Å². The summed E-state index contributed by atoms with van der Waals surface area (Å²) in [5.41, 5.74) is 1.71. The Labute approximate surface area is 162 Å². The van der Waals surface area contributed by atoms with Gasteiger partial charge in [0, 0.05) is 38.8 Å². The van der Waals surface area contributed by atoms with Crippen LogP contribution in [0.4, 0.5) is 0 Å². The van der Waals surface area contributed by atoms with Gasteiger partial charge in [0.05, 0.1) is 5.75 Å². The van der Waals surface area contributed by atoms with Gasteiger partial charge in [-0.3, -0.25) is 9.79 Å². The normalized spacial score (nSPS) is 11.9. The summed E-state index contributed by atoms with van der Waals surface area (Å²) in [6.07, 6.45) is 1.38. The van der Waals surface area contributed by atoms with Gasteiger partial charge in [-0.1, -0.05) is 12.1 Å². The average molecular weight is 398 g/mol. The number of carbonyl (C=O) groups is 1. The van der Waals surface area contributed by atoms with Crippen LogP contribution in [0.3, 0.4) is 0 Å². The lowest BCUT2D eigenvalue weighted by atomic mass is 10.1. The Bertz CT molecular complexity index is 719. The topological polar surface area (TPSA) is 112 Å². The van der Waals surface area contributed by atoms with E-state index in [9.17, 15) is 13.2 Å². The van der Waals surface area contributed by atoms with Crippen LogP contribution in [0.25, 0.3) is 0 Å². The first kappa shape index (κ1) is 22.9. The molecule has 0 saturated heterocycles. The highest BCUT2D eigenvalue weighted by molar-refractivity contribution is 7.89. The van der Waals surface area contributed by atoms with Gasteiger partial charge in [0.25, 0.3) is 5.91 Å². The van der Waals surface area contributed by atoms with Crippen molar-refractivity contribution >= 4 is 21.9 Å². The summed E-state index contributed by atoms with van der Waals surface area (Å²) in [5, 5.41) is 9.03. The molecule has 1 amide bonds. The molecule has 1 rings (SSSR count). The fourth-order valence-corrected chi connectivity index (χ4v) is 2.94. The van der Waals surface area contributed by atoms with E-state index in [0.29, 0.717) is 37.6 Å². The highest BCUT2D eigenvalue weighted by Crippen LogP contribution is 2.05. The second-order valence-electron chi connectivity index (χ2n) is 5.87. The molecule has 0 unspecified atom stereocenters. The SMILES string of the molecule is CCNC(=NCCCNS(=O)(=O)CC)NCCc1cccc(C(=O)NC)c1. The molecule has 8 nitrogen and oxygen atoms in total. The number of hydrogen-bond donors (Lipinski definition) is 4. The Hall–Kier alpha value is -2.13. The number of benzene rings is 1. The largest absolute Gasteiger partial charge is 0.357 e. The number of amides is 1. The van der Waals surface area contributed by atoms with Crippen molar-refractivity contribution in [2.24, 2.45) is 4.99 Å². The summed E-state index contributed by atoms with van der Waals surface area (Å²) < 4.78 is 25.3. The smallest absolute Gasteiger partial charge is 0.251 e. The lowest BCUT2D eigenvalue weighted by Crippen LogP contribution is -2.38. The van der Waals surface area contributed by atoms with E-state index in [1.165, 1.54) is 0 Å². The van der Waals surface area contributed by atoms with E-state index in [-0.39, 0.29) is 11.7 Å². The number of nitrogens with one attached hydrogen (secondary N) is 4. The number of aliphatic imine (C=N–C) groups is 1. The van der Waals surface area contributed by atoms with Gasteiger partial charge >= 0.3 is 0 Å². The van der Waals surface area contributed by atoms with Crippen molar-refractivity contribution in [2.75, 3.05) is 39.0 Å². The van der Waals surface area contributed by atoms with Crippen LogP contribution in [-0.4, -0.2) is 59.3 Å². The Morgan fingerprint density at radius 1 is 1.15 bits per heavy atom. The van der Waals surface area contributed by atoms with Crippen LogP contribution in [0.15, 0.2) is 29.3 Å². The van der Waals surface area contributed by atoms with E-state index in [4.69, 9.17) is 0 Å². The maximum absolute atomic E-state index is 11.7. The Kier molecular flexibility index (Phi) is 10.4. The van der Waals surface area contributed by atoms with E-state index in [2.05, 4.69) is 25.7 Å². The molecule has 0 aliphatic rings. The Morgan fingerprint density at radius 3 is 2.59 bits per heavy atom. The lowest BCUT2D eigenvalue weighted by Gasteiger charge is -2.12. The average Bonchev–Trinajstić information content (AvgIpc) is 2.67. The van der Waals surface area contributed by atoms with Gasteiger partial charge in [-0.15, -0.1) is 0 Å². The van der Waals surface area contributed by atoms with Crippen LogP contribution in [-0.2, 0) is 16.4 Å². The van der Waals surface area contributed by atoms with Gasteiger partial charge in [-0.25, -0.2) is 13.1 Å². The predicted molar refractivity (Wildman–Crippen MR) is 110 cm³/mol. The maximum Gasteiger partial charge on any atom is 0.251 e. The first-order valence-electron chi connectivity index (χ1n) is 9.22.